The minimum absolute atomic E-state index is 0.000967. The quantitative estimate of drug-likeness (QED) is 0.488. The molecule has 2 heterocycles. The fraction of sp³-hybridized carbons (Fsp3) is 0.478. The van der Waals surface area contributed by atoms with E-state index >= 15 is 0 Å². The fourth-order valence-corrected chi connectivity index (χ4v) is 4.17. The first-order chi connectivity index (χ1) is 14.4. The van der Waals surface area contributed by atoms with Crippen LogP contribution in [0.25, 0.3) is 0 Å². The van der Waals surface area contributed by atoms with Crippen LogP contribution in [-0.2, 0) is 15.2 Å². The molecule has 1 fully saturated rings. The molecule has 2 aliphatic rings. The lowest BCUT2D eigenvalue weighted by Gasteiger charge is -2.27. The van der Waals surface area contributed by atoms with Gasteiger partial charge in [-0.1, -0.05) is 25.2 Å². The molecule has 7 nitrogen and oxygen atoms in total. The SMILES string of the molecule is C=CCN1C(=O)[C@@](O)([C@@H](C)/C=C/CCO)c2cc(NC(=O)C3CCCNC3)ccc21. The molecule has 3 atom stereocenters. The molecule has 1 saturated heterocycles. The molecule has 30 heavy (non-hydrogen) atoms. The standard InChI is InChI=1S/C23H31N3O4/c1-3-12-26-20-10-9-18(25-21(28)17-8-6-11-24-15-17)14-19(20)23(30,22(26)29)16(2)7-4-5-13-27/h3-4,7,9-10,14,16-17,24,27,30H,1,5-6,8,11-13,15H2,2H3,(H,25,28)/b7-4+/t16-,17?,23+/m0/s1. The number of hydrogen-bond acceptors (Lipinski definition) is 5. The van der Waals surface area contributed by atoms with E-state index in [0.717, 1.165) is 19.4 Å². The summed E-state index contributed by atoms with van der Waals surface area (Å²) in [4.78, 5) is 27.3. The Morgan fingerprint density at radius 2 is 2.30 bits per heavy atom. The second kappa shape index (κ2) is 9.55. The van der Waals surface area contributed by atoms with Crippen LogP contribution in [0.3, 0.4) is 0 Å². The number of nitrogens with zero attached hydrogens (tertiary/aromatic N) is 1. The van der Waals surface area contributed by atoms with Gasteiger partial charge in [0, 0.05) is 36.9 Å². The van der Waals surface area contributed by atoms with E-state index in [1.54, 1.807) is 43.4 Å². The summed E-state index contributed by atoms with van der Waals surface area (Å²) < 4.78 is 0. The van der Waals surface area contributed by atoms with Crippen molar-refractivity contribution in [2.45, 2.75) is 31.8 Å². The molecule has 1 aromatic carbocycles. The molecule has 7 heteroatoms. The van der Waals surface area contributed by atoms with Crippen LogP contribution in [0.15, 0.2) is 43.0 Å². The predicted molar refractivity (Wildman–Crippen MR) is 117 cm³/mol. The normalized spacial score (nSPS) is 24.7. The number of hydrogen-bond donors (Lipinski definition) is 4. The van der Waals surface area contributed by atoms with Gasteiger partial charge >= 0.3 is 0 Å². The largest absolute Gasteiger partial charge is 0.396 e. The smallest absolute Gasteiger partial charge is 0.264 e. The summed E-state index contributed by atoms with van der Waals surface area (Å²) in [5.41, 5.74) is -0.114. The minimum Gasteiger partial charge on any atom is -0.396 e. The Morgan fingerprint density at radius 3 is 2.97 bits per heavy atom. The Kier molecular flexibility index (Phi) is 7.07. The van der Waals surface area contributed by atoms with Crippen molar-refractivity contribution in [3.8, 4) is 0 Å². The number of nitrogens with one attached hydrogen (secondary N) is 2. The Bertz CT molecular complexity index is 832. The summed E-state index contributed by atoms with van der Waals surface area (Å²) in [5.74, 6) is -1.09. The maximum absolute atomic E-state index is 13.2. The van der Waals surface area contributed by atoms with Crippen molar-refractivity contribution in [2.24, 2.45) is 11.8 Å². The monoisotopic (exact) mass is 413 g/mol. The van der Waals surface area contributed by atoms with E-state index in [0.29, 0.717) is 29.9 Å². The molecule has 0 aliphatic carbocycles. The molecular formula is C23H31N3O4. The number of carbonyl (C=O) groups excluding carboxylic acids is 2. The maximum atomic E-state index is 13.2. The van der Waals surface area contributed by atoms with Gasteiger partial charge < -0.3 is 25.7 Å². The first kappa shape index (κ1) is 22.2. The van der Waals surface area contributed by atoms with Crippen molar-refractivity contribution in [1.82, 2.24) is 5.32 Å². The van der Waals surface area contributed by atoms with Gasteiger partial charge in [0.1, 0.15) is 0 Å². The summed E-state index contributed by atoms with van der Waals surface area (Å²) >= 11 is 0. The zero-order chi connectivity index (χ0) is 21.7. The Balaban J connectivity index is 1.92. The molecule has 4 N–H and O–H groups in total. The lowest BCUT2D eigenvalue weighted by Crippen LogP contribution is -2.44. The zero-order valence-corrected chi connectivity index (χ0v) is 17.4. The van der Waals surface area contributed by atoms with Gasteiger partial charge in [0.2, 0.25) is 5.91 Å². The molecule has 1 aromatic rings. The highest BCUT2D eigenvalue weighted by Gasteiger charge is 2.52. The van der Waals surface area contributed by atoms with Crippen LogP contribution < -0.4 is 15.5 Å². The minimum atomic E-state index is -1.75. The van der Waals surface area contributed by atoms with Gasteiger partial charge in [-0.15, -0.1) is 6.58 Å². The van der Waals surface area contributed by atoms with Crippen LogP contribution >= 0.6 is 0 Å². The predicted octanol–water partition coefficient (Wildman–Crippen LogP) is 1.92. The number of aliphatic hydroxyl groups is 2. The molecule has 2 aliphatic heterocycles. The van der Waals surface area contributed by atoms with E-state index in [2.05, 4.69) is 17.2 Å². The zero-order valence-electron chi connectivity index (χ0n) is 17.4. The number of rotatable bonds is 8. The van der Waals surface area contributed by atoms with Gasteiger partial charge in [-0.2, -0.15) is 0 Å². The van der Waals surface area contributed by atoms with Crippen LogP contribution in [0.5, 0.6) is 0 Å². The van der Waals surface area contributed by atoms with Crippen molar-refractivity contribution in [1.29, 1.82) is 0 Å². The number of piperidine rings is 1. The molecule has 0 spiro atoms. The van der Waals surface area contributed by atoms with Gasteiger partial charge in [0.05, 0.1) is 11.6 Å². The first-order valence-electron chi connectivity index (χ1n) is 10.5. The van der Waals surface area contributed by atoms with E-state index in [1.165, 1.54) is 4.90 Å². The topological polar surface area (TPSA) is 102 Å². The number of carbonyl (C=O) groups is 2. The van der Waals surface area contributed by atoms with E-state index in [4.69, 9.17) is 5.11 Å². The van der Waals surface area contributed by atoms with Crippen molar-refractivity contribution < 1.29 is 19.8 Å². The number of fused-ring (bicyclic) bond motifs is 1. The number of aliphatic hydroxyl groups excluding tert-OH is 1. The number of anilines is 2. The van der Waals surface area contributed by atoms with Crippen LogP contribution in [-0.4, -0.2) is 48.3 Å². The van der Waals surface area contributed by atoms with Gasteiger partial charge in [-0.05, 0) is 44.0 Å². The summed E-state index contributed by atoms with van der Waals surface area (Å²) in [7, 11) is 0. The Morgan fingerprint density at radius 1 is 1.50 bits per heavy atom. The second-order valence-electron chi connectivity index (χ2n) is 7.96. The molecule has 2 amide bonds. The van der Waals surface area contributed by atoms with Crippen molar-refractivity contribution in [3.05, 3.63) is 48.6 Å². The third-order valence-corrected chi connectivity index (χ3v) is 5.90. The highest BCUT2D eigenvalue weighted by Crippen LogP contribution is 2.46. The molecule has 3 rings (SSSR count). The molecule has 0 saturated carbocycles. The third-order valence-electron chi connectivity index (χ3n) is 5.90. The second-order valence-corrected chi connectivity index (χ2v) is 7.96. The van der Waals surface area contributed by atoms with Crippen LogP contribution in [0.2, 0.25) is 0 Å². The number of amides is 2. The van der Waals surface area contributed by atoms with Gasteiger partial charge in [0.25, 0.3) is 5.91 Å². The van der Waals surface area contributed by atoms with E-state index < -0.39 is 17.4 Å². The molecular weight excluding hydrogens is 382 g/mol. The summed E-state index contributed by atoms with van der Waals surface area (Å²) in [6.45, 7) is 7.34. The lowest BCUT2D eigenvalue weighted by atomic mass is 9.82. The number of benzene rings is 1. The average molecular weight is 414 g/mol. The Hall–Kier alpha value is -2.48. The van der Waals surface area contributed by atoms with E-state index in [-0.39, 0.29) is 25.0 Å². The maximum Gasteiger partial charge on any atom is 0.264 e. The molecule has 0 aromatic heterocycles. The van der Waals surface area contributed by atoms with E-state index in [1.807, 2.05) is 0 Å². The fourth-order valence-electron chi connectivity index (χ4n) is 4.17. The van der Waals surface area contributed by atoms with E-state index in [9.17, 15) is 14.7 Å². The highest BCUT2D eigenvalue weighted by molar-refractivity contribution is 6.08. The lowest BCUT2D eigenvalue weighted by molar-refractivity contribution is -0.139. The average Bonchev–Trinajstić information content (AvgIpc) is 2.97. The molecule has 0 bridgehead atoms. The summed E-state index contributed by atoms with van der Waals surface area (Å²) in [5, 5.41) is 26.7. The van der Waals surface area contributed by atoms with Gasteiger partial charge in [0.15, 0.2) is 5.60 Å². The Labute approximate surface area is 177 Å². The third kappa shape index (κ3) is 4.19. The van der Waals surface area contributed by atoms with Crippen molar-refractivity contribution in [2.75, 3.05) is 36.5 Å². The van der Waals surface area contributed by atoms with Crippen LogP contribution in [0.4, 0.5) is 11.4 Å². The van der Waals surface area contributed by atoms with Gasteiger partial charge in [-0.25, -0.2) is 0 Å². The van der Waals surface area contributed by atoms with Crippen LogP contribution in [0, 0.1) is 11.8 Å². The van der Waals surface area contributed by atoms with Crippen LogP contribution in [0.1, 0.15) is 31.7 Å². The molecule has 1 unspecified atom stereocenters. The van der Waals surface area contributed by atoms with Crippen molar-refractivity contribution >= 4 is 23.2 Å². The molecule has 162 valence electrons. The summed E-state index contributed by atoms with van der Waals surface area (Å²) in [6.07, 6.45) is 7.37. The highest BCUT2D eigenvalue weighted by atomic mass is 16.3. The molecule has 0 radical (unpaired) electrons. The van der Waals surface area contributed by atoms with Crippen molar-refractivity contribution in [3.63, 3.8) is 0 Å². The van der Waals surface area contributed by atoms with Gasteiger partial charge in [-0.3, -0.25) is 9.59 Å². The first-order valence-corrected chi connectivity index (χ1v) is 10.5. The summed E-state index contributed by atoms with van der Waals surface area (Å²) in [6, 6.07) is 5.21.